The van der Waals surface area contributed by atoms with Gasteiger partial charge in [-0.05, 0) is 24.5 Å². The summed E-state index contributed by atoms with van der Waals surface area (Å²) in [5.74, 6) is 2.02. The number of thioether (sulfide) groups is 1. The van der Waals surface area contributed by atoms with Crippen LogP contribution in [-0.4, -0.2) is 42.7 Å². The molecule has 0 fully saturated rings. The molecule has 2 aromatic heterocycles. The summed E-state index contributed by atoms with van der Waals surface area (Å²) in [6.07, 6.45) is 0.136. The smallest absolute Gasteiger partial charge is 0.329 e. The molecular formula is C20H26N4O4S. The SMILES string of the molecule is CC(C)CCSc1nc2c(c(=O)[nH]c(=O)n2C)n1C[C@@H](O)COc1ccccc1. The van der Waals surface area contributed by atoms with Gasteiger partial charge >= 0.3 is 5.69 Å². The van der Waals surface area contributed by atoms with Crippen LogP contribution in [0.3, 0.4) is 0 Å². The van der Waals surface area contributed by atoms with E-state index in [0.717, 1.165) is 12.2 Å². The van der Waals surface area contributed by atoms with Crippen molar-refractivity contribution in [3.63, 3.8) is 0 Å². The average Bonchev–Trinajstić information content (AvgIpc) is 3.04. The van der Waals surface area contributed by atoms with Crippen molar-refractivity contribution in [1.29, 1.82) is 0 Å². The van der Waals surface area contributed by atoms with Gasteiger partial charge in [0.2, 0.25) is 0 Å². The summed E-state index contributed by atoms with van der Waals surface area (Å²) in [6.45, 7) is 4.49. The molecule has 0 radical (unpaired) electrons. The highest BCUT2D eigenvalue weighted by atomic mass is 32.2. The van der Waals surface area contributed by atoms with Crippen LogP contribution in [0.2, 0.25) is 0 Å². The monoisotopic (exact) mass is 418 g/mol. The molecule has 0 aliphatic heterocycles. The Labute approximate surface area is 172 Å². The number of nitrogens with one attached hydrogen (secondary N) is 1. The van der Waals surface area contributed by atoms with Gasteiger partial charge in [-0.25, -0.2) is 9.78 Å². The zero-order valence-corrected chi connectivity index (χ0v) is 17.6. The van der Waals surface area contributed by atoms with Gasteiger partial charge in [-0.1, -0.05) is 43.8 Å². The number of para-hydroxylation sites is 1. The lowest BCUT2D eigenvalue weighted by Gasteiger charge is -2.15. The fourth-order valence-electron chi connectivity index (χ4n) is 2.85. The summed E-state index contributed by atoms with van der Waals surface area (Å²) < 4.78 is 8.61. The number of benzene rings is 1. The molecule has 0 amide bonds. The molecule has 2 heterocycles. The van der Waals surface area contributed by atoms with Crippen molar-refractivity contribution in [1.82, 2.24) is 19.1 Å². The molecule has 29 heavy (non-hydrogen) atoms. The van der Waals surface area contributed by atoms with Gasteiger partial charge in [0.15, 0.2) is 16.3 Å². The number of aryl methyl sites for hydroxylation is 1. The van der Waals surface area contributed by atoms with E-state index in [4.69, 9.17) is 4.74 Å². The zero-order valence-electron chi connectivity index (χ0n) is 16.8. The van der Waals surface area contributed by atoms with E-state index in [-0.39, 0.29) is 18.7 Å². The normalized spacial score (nSPS) is 12.6. The Bertz CT molecular complexity index is 1070. The third kappa shape index (κ3) is 5.10. The van der Waals surface area contributed by atoms with Crippen LogP contribution in [0.1, 0.15) is 20.3 Å². The number of imidazole rings is 1. The van der Waals surface area contributed by atoms with Crippen LogP contribution in [0.15, 0.2) is 45.1 Å². The number of fused-ring (bicyclic) bond motifs is 1. The van der Waals surface area contributed by atoms with Crippen molar-refractivity contribution in [2.75, 3.05) is 12.4 Å². The highest BCUT2D eigenvalue weighted by Gasteiger charge is 2.20. The Kier molecular flexibility index (Phi) is 6.81. The largest absolute Gasteiger partial charge is 0.491 e. The van der Waals surface area contributed by atoms with Crippen molar-refractivity contribution >= 4 is 22.9 Å². The molecule has 3 aromatic rings. The second-order valence-corrected chi connectivity index (χ2v) is 8.37. The number of hydrogen-bond donors (Lipinski definition) is 2. The molecule has 8 nitrogen and oxygen atoms in total. The quantitative estimate of drug-likeness (QED) is 0.516. The van der Waals surface area contributed by atoms with Gasteiger partial charge in [0.1, 0.15) is 18.5 Å². The lowest BCUT2D eigenvalue weighted by Crippen LogP contribution is -2.30. The van der Waals surface area contributed by atoms with Crippen molar-refractivity contribution in [2.45, 2.75) is 38.1 Å². The van der Waals surface area contributed by atoms with Crippen LogP contribution in [0.4, 0.5) is 0 Å². The third-order valence-corrected chi connectivity index (χ3v) is 5.49. The molecule has 0 unspecified atom stereocenters. The molecular weight excluding hydrogens is 392 g/mol. The number of hydrogen-bond acceptors (Lipinski definition) is 6. The first kappa shape index (κ1) is 21.2. The summed E-state index contributed by atoms with van der Waals surface area (Å²) in [7, 11) is 1.56. The van der Waals surface area contributed by atoms with E-state index in [2.05, 4.69) is 23.8 Å². The molecule has 156 valence electrons. The lowest BCUT2D eigenvalue weighted by molar-refractivity contribution is 0.0914. The predicted octanol–water partition coefficient (Wildman–Crippen LogP) is 2.00. The Morgan fingerprint density at radius 2 is 1.97 bits per heavy atom. The molecule has 2 N–H and O–H groups in total. The first-order chi connectivity index (χ1) is 13.9. The Balaban J connectivity index is 1.87. The maximum absolute atomic E-state index is 12.5. The van der Waals surface area contributed by atoms with Gasteiger partial charge in [0.25, 0.3) is 5.56 Å². The van der Waals surface area contributed by atoms with Crippen LogP contribution in [0.5, 0.6) is 5.75 Å². The van der Waals surface area contributed by atoms with E-state index in [0.29, 0.717) is 22.5 Å². The van der Waals surface area contributed by atoms with Crippen LogP contribution < -0.4 is 16.0 Å². The molecule has 1 atom stereocenters. The topological polar surface area (TPSA) is 102 Å². The number of aliphatic hydroxyl groups excluding tert-OH is 1. The summed E-state index contributed by atoms with van der Waals surface area (Å²) in [4.78, 5) is 31.2. The van der Waals surface area contributed by atoms with Crippen molar-refractivity contribution < 1.29 is 9.84 Å². The van der Waals surface area contributed by atoms with E-state index < -0.39 is 17.4 Å². The van der Waals surface area contributed by atoms with Gasteiger partial charge in [0.05, 0.1) is 6.54 Å². The minimum atomic E-state index is -0.853. The third-order valence-electron chi connectivity index (χ3n) is 4.48. The minimum Gasteiger partial charge on any atom is -0.491 e. The lowest BCUT2D eigenvalue weighted by atomic mass is 10.2. The number of H-pyrrole nitrogens is 1. The van der Waals surface area contributed by atoms with Crippen LogP contribution >= 0.6 is 11.8 Å². The highest BCUT2D eigenvalue weighted by molar-refractivity contribution is 7.99. The maximum Gasteiger partial charge on any atom is 0.329 e. The van der Waals surface area contributed by atoms with Crippen LogP contribution in [0, 0.1) is 5.92 Å². The minimum absolute atomic E-state index is 0.0729. The van der Waals surface area contributed by atoms with Crippen molar-refractivity contribution in [3.05, 3.63) is 51.2 Å². The number of aliphatic hydroxyl groups is 1. The second kappa shape index (κ2) is 9.32. The fraction of sp³-hybridized carbons (Fsp3) is 0.450. The molecule has 0 aliphatic rings. The molecule has 0 saturated carbocycles. The van der Waals surface area contributed by atoms with Crippen LogP contribution in [-0.2, 0) is 13.6 Å². The van der Waals surface area contributed by atoms with E-state index in [9.17, 15) is 14.7 Å². The van der Waals surface area contributed by atoms with E-state index in [1.54, 1.807) is 11.6 Å². The molecule has 0 aliphatic carbocycles. The van der Waals surface area contributed by atoms with Gasteiger partial charge in [-0.3, -0.25) is 14.3 Å². The molecule has 1 aromatic carbocycles. The zero-order chi connectivity index (χ0) is 21.0. The van der Waals surface area contributed by atoms with E-state index in [1.807, 2.05) is 30.3 Å². The fourth-order valence-corrected chi connectivity index (χ4v) is 4.10. The molecule has 0 saturated heterocycles. The van der Waals surface area contributed by atoms with Gasteiger partial charge in [-0.15, -0.1) is 0 Å². The number of rotatable bonds is 9. The summed E-state index contributed by atoms with van der Waals surface area (Å²) in [5, 5.41) is 11.1. The molecule has 0 spiro atoms. The maximum atomic E-state index is 12.5. The van der Waals surface area contributed by atoms with Crippen LogP contribution in [0.25, 0.3) is 11.2 Å². The Morgan fingerprint density at radius 1 is 1.24 bits per heavy atom. The Hall–Kier alpha value is -2.52. The summed E-state index contributed by atoms with van der Waals surface area (Å²) in [6, 6.07) is 9.22. The first-order valence-corrected chi connectivity index (χ1v) is 10.5. The Morgan fingerprint density at radius 3 is 2.66 bits per heavy atom. The van der Waals surface area contributed by atoms with E-state index >= 15 is 0 Å². The molecule has 0 bridgehead atoms. The number of aromatic amines is 1. The van der Waals surface area contributed by atoms with Gasteiger partial charge < -0.3 is 14.4 Å². The standard InChI is InChI=1S/C20H26N4O4S/c1-13(2)9-10-29-20-21-17-16(18(26)22-19(27)23(17)3)24(20)11-14(25)12-28-15-7-5-4-6-8-15/h4-8,13-14,25H,9-12H2,1-3H3,(H,22,26,27)/t14-/m1/s1. The number of ether oxygens (including phenoxy) is 1. The van der Waals surface area contributed by atoms with E-state index in [1.165, 1.54) is 16.3 Å². The highest BCUT2D eigenvalue weighted by Crippen LogP contribution is 2.24. The van der Waals surface area contributed by atoms with Crippen molar-refractivity contribution in [2.24, 2.45) is 13.0 Å². The summed E-state index contributed by atoms with van der Waals surface area (Å²) in [5.41, 5.74) is -0.443. The summed E-state index contributed by atoms with van der Waals surface area (Å²) >= 11 is 1.51. The van der Waals surface area contributed by atoms with Gasteiger partial charge in [-0.2, -0.15) is 0 Å². The first-order valence-electron chi connectivity index (χ1n) is 9.55. The van der Waals surface area contributed by atoms with Crippen molar-refractivity contribution in [3.8, 4) is 5.75 Å². The number of aromatic nitrogens is 4. The molecule has 9 heteroatoms. The van der Waals surface area contributed by atoms with Gasteiger partial charge in [0, 0.05) is 12.8 Å². The second-order valence-electron chi connectivity index (χ2n) is 7.30. The predicted molar refractivity (Wildman–Crippen MR) is 114 cm³/mol. The molecule has 3 rings (SSSR count). The number of nitrogens with zero attached hydrogens (tertiary/aromatic N) is 3. The average molecular weight is 419 g/mol.